The van der Waals surface area contributed by atoms with E-state index in [0.717, 1.165) is 35.8 Å². The predicted octanol–water partition coefficient (Wildman–Crippen LogP) is 7.35. The molecule has 0 radical (unpaired) electrons. The Morgan fingerprint density at radius 3 is 2.23 bits per heavy atom. The molecule has 0 aliphatic heterocycles. The highest BCUT2D eigenvalue weighted by Crippen LogP contribution is 2.37. The first-order valence-electron chi connectivity index (χ1n) is 12.0. The molecule has 0 aromatic heterocycles. The summed E-state index contributed by atoms with van der Waals surface area (Å²) in [6.07, 6.45) is 4.85. The molecule has 4 nitrogen and oxygen atoms in total. The Kier molecular flexibility index (Phi) is 8.55. The van der Waals surface area contributed by atoms with Crippen LogP contribution in [0.5, 0.6) is 11.5 Å². The molecule has 1 aliphatic rings. The summed E-state index contributed by atoms with van der Waals surface area (Å²) in [6.45, 7) is 8.02. The van der Waals surface area contributed by atoms with Crippen molar-refractivity contribution in [1.82, 2.24) is 0 Å². The fourth-order valence-corrected chi connectivity index (χ4v) is 4.34. The monoisotopic (exact) mass is 478 g/mol. The van der Waals surface area contributed by atoms with Crippen LogP contribution < -0.4 is 9.47 Å². The maximum Gasteiger partial charge on any atom is 0.300 e. The number of hydrogen-bond acceptors (Lipinski definition) is 3. The number of halogens is 1. The lowest BCUT2D eigenvalue weighted by Gasteiger charge is -2.25. The zero-order valence-corrected chi connectivity index (χ0v) is 21.3. The van der Waals surface area contributed by atoms with Gasteiger partial charge < -0.3 is 14.6 Å². The summed E-state index contributed by atoms with van der Waals surface area (Å²) in [7, 11) is 1.60. The number of aryl methyl sites for hydroxylation is 2. The van der Waals surface area contributed by atoms with E-state index >= 15 is 0 Å². The van der Waals surface area contributed by atoms with E-state index < -0.39 is 5.97 Å². The Morgan fingerprint density at radius 2 is 1.57 bits per heavy atom. The molecule has 1 aliphatic carbocycles. The van der Waals surface area contributed by atoms with E-state index in [2.05, 4.69) is 45.0 Å². The number of carbonyl (C=O) groups is 1. The van der Waals surface area contributed by atoms with E-state index in [0.29, 0.717) is 17.9 Å². The number of rotatable bonds is 5. The van der Waals surface area contributed by atoms with Gasteiger partial charge in [-0.2, -0.15) is 0 Å². The van der Waals surface area contributed by atoms with Crippen molar-refractivity contribution < 1.29 is 23.8 Å². The van der Waals surface area contributed by atoms with Crippen molar-refractivity contribution in [2.45, 2.75) is 65.4 Å². The fourth-order valence-electron chi connectivity index (χ4n) is 4.34. The molecule has 1 N–H and O–H groups in total. The van der Waals surface area contributed by atoms with Gasteiger partial charge in [-0.15, -0.1) is 0 Å². The fraction of sp³-hybridized carbons (Fsp3) is 0.367. The Labute approximate surface area is 207 Å². The lowest BCUT2D eigenvalue weighted by Crippen LogP contribution is -2.14. The highest BCUT2D eigenvalue weighted by atomic mass is 19.1. The zero-order valence-electron chi connectivity index (χ0n) is 21.3. The van der Waals surface area contributed by atoms with Crippen LogP contribution in [0.3, 0.4) is 0 Å². The van der Waals surface area contributed by atoms with E-state index in [1.807, 2.05) is 12.1 Å². The first-order chi connectivity index (χ1) is 16.6. The van der Waals surface area contributed by atoms with Gasteiger partial charge >= 0.3 is 0 Å². The molecule has 0 amide bonds. The Balaban J connectivity index is 0.000000795. The number of benzene rings is 3. The van der Waals surface area contributed by atoms with Crippen LogP contribution in [-0.2, 0) is 29.7 Å². The quantitative estimate of drug-likeness (QED) is 0.417. The molecule has 0 atom stereocenters. The molecule has 3 aromatic rings. The second-order valence-corrected chi connectivity index (χ2v) is 9.92. The molecular formula is C30H35FO4. The van der Waals surface area contributed by atoms with Crippen LogP contribution in [0, 0.1) is 5.82 Å². The van der Waals surface area contributed by atoms with Gasteiger partial charge in [-0.25, -0.2) is 4.39 Å². The van der Waals surface area contributed by atoms with Crippen molar-refractivity contribution in [3.05, 3.63) is 82.7 Å². The van der Waals surface area contributed by atoms with Gasteiger partial charge in [0.2, 0.25) is 0 Å². The standard InChI is InChI=1S/C28H31FO2.C2H4O2/c1-28(2,3)26-15-19(9-13-24(26)25-17-22(30-4)12-14-27(25)29)18-31-23-11-10-20-7-5-6-8-21(20)16-23;1-2(3)4/h9-17H,5-8,18H2,1-4H3;1H3,(H,3,4). The van der Waals surface area contributed by atoms with Gasteiger partial charge in [0.25, 0.3) is 5.97 Å². The van der Waals surface area contributed by atoms with Crippen LogP contribution >= 0.6 is 0 Å². The van der Waals surface area contributed by atoms with Gasteiger partial charge in [0, 0.05) is 12.5 Å². The summed E-state index contributed by atoms with van der Waals surface area (Å²) in [4.78, 5) is 9.00. The predicted molar refractivity (Wildman–Crippen MR) is 138 cm³/mol. The van der Waals surface area contributed by atoms with Crippen molar-refractivity contribution in [2.24, 2.45) is 0 Å². The van der Waals surface area contributed by atoms with Crippen molar-refractivity contribution >= 4 is 5.97 Å². The number of fused-ring (bicyclic) bond motifs is 1. The summed E-state index contributed by atoms with van der Waals surface area (Å²) in [5.74, 6) is 0.487. The first-order valence-corrected chi connectivity index (χ1v) is 12.0. The minimum atomic E-state index is -0.833. The third kappa shape index (κ3) is 7.08. The second-order valence-electron chi connectivity index (χ2n) is 9.92. The molecule has 4 rings (SSSR count). The Morgan fingerprint density at radius 1 is 0.914 bits per heavy atom. The van der Waals surface area contributed by atoms with Crippen LogP contribution in [0.15, 0.2) is 54.6 Å². The molecule has 0 heterocycles. The van der Waals surface area contributed by atoms with Gasteiger partial charge in [0.15, 0.2) is 0 Å². The average Bonchev–Trinajstić information content (AvgIpc) is 2.82. The largest absolute Gasteiger partial charge is 0.497 e. The van der Waals surface area contributed by atoms with Crippen LogP contribution in [0.2, 0.25) is 0 Å². The smallest absolute Gasteiger partial charge is 0.300 e. The van der Waals surface area contributed by atoms with E-state index in [4.69, 9.17) is 19.4 Å². The van der Waals surface area contributed by atoms with Crippen molar-refractivity contribution in [2.75, 3.05) is 7.11 Å². The molecule has 0 fully saturated rings. The lowest BCUT2D eigenvalue weighted by atomic mass is 9.81. The summed E-state index contributed by atoms with van der Waals surface area (Å²) in [6, 6.07) is 17.5. The number of ether oxygens (including phenoxy) is 2. The molecule has 3 aromatic carbocycles. The van der Waals surface area contributed by atoms with Crippen LogP contribution in [0.1, 0.15) is 62.8 Å². The van der Waals surface area contributed by atoms with E-state index in [1.54, 1.807) is 19.2 Å². The van der Waals surface area contributed by atoms with Crippen LogP contribution in [0.25, 0.3) is 11.1 Å². The molecule has 0 spiro atoms. The van der Waals surface area contributed by atoms with Gasteiger partial charge in [0.05, 0.1) is 7.11 Å². The maximum atomic E-state index is 14.7. The lowest BCUT2D eigenvalue weighted by molar-refractivity contribution is -0.134. The van der Waals surface area contributed by atoms with E-state index in [-0.39, 0.29) is 11.2 Å². The number of aliphatic carboxylic acids is 1. The van der Waals surface area contributed by atoms with Gasteiger partial charge in [-0.1, -0.05) is 45.0 Å². The van der Waals surface area contributed by atoms with E-state index in [9.17, 15) is 4.39 Å². The molecule has 35 heavy (non-hydrogen) atoms. The molecule has 186 valence electrons. The van der Waals surface area contributed by atoms with Crippen molar-refractivity contribution in [3.8, 4) is 22.6 Å². The van der Waals surface area contributed by atoms with Crippen LogP contribution in [0.4, 0.5) is 4.39 Å². The number of carboxylic acids is 1. The molecule has 0 bridgehead atoms. The van der Waals surface area contributed by atoms with E-state index in [1.165, 1.54) is 36.5 Å². The Bertz CT molecular complexity index is 1170. The minimum absolute atomic E-state index is 0.146. The second kappa shape index (κ2) is 11.4. The molecule has 0 unspecified atom stereocenters. The SMILES string of the molecule is CC(=O)O.COc1ccc(F)c(-c2ccc(COc3ccc4c(c3)CCCC4)cc2C(C)(C)C)c1. The maximum absolute atomic E-state index is 14.7. The third-order valence-electron chi connectivity index (χ3n) is 6.08. The zero-order chi connectivity index (χ0) is 25.6. The van der Waals surface area contributed by atoms with Gasteiger partial charge in [-0.05, 0) is 89.2 Å². The summed E-state index contributed by atoms with van der Waals surface area (Å²) in [5, 5.41) is 7.42. The summed E-state index contributed by atoms with van der Waals surface area (Å²) >= 11 is 0. The normalized spacial score (nSPS) is 12.7. The highest BCUT2D eigenvalue weighted by molar-refractivity contribution is 5.71. The topological polar surface area (TPSA) is 55.8 Å². The van der Waals surface area contributed by atoms with Gasteiger partial charge in [-0.3, -0.25) is 4.79 Å². The molecule has 0 saturated carbocycles. The Hall–Kier alpha value is -3.34. The minimum Gasteiger partial charge on any atom is -0.497 e. The molecule has 5 heteroatoms. The number of carboxylic acid groups (broad SMARTS) is 1. The highest BCUT2D eigenvalue weighted by Gasteiger charge is 2.21. The van der Waals surface area contributed by atoms with Gasteiger partial charge in [0.1, 0.15) is 23.9 Å². The summed E-state index contributed by atoms with van der Waals surface area (Å²) in [5.41, 5.74) is 6.35. The average molecular weight is 479 g/mol. The third-order valence-corrected chi connectivity index (χ3v) is 6.08. The molecular weight excluding hydrogens is 443 g/mol. The summed E-state index contributed by atoms with van der Waals surface area (Å²) < 4.78 is 26.1. The number of methoxy groups -OCH3 is 1. The number of hydrogen-bond donors (Lipinski definition) is 1. The van der Waals surface area contributed by atoms with Crippen molar-refractivity contribution in [1.29, 1.82) is 0 Å². The first kappa shape index (κ1) is 26.3. The molecule has 0 saturated heterocycles. The van der Waals surface area contributed by atoms with Crippen LogP contribution in [-0.4, -0.2) is 18.2 Å². The van der Waals surface area contributed by atoms with Crippen molar-refractivity contribution in [3.63, 3.8) is 0 Å².